The highest BCUT2D eigenvalue weighted by Crippen LogP contribution is 2.24. The van der Waals surface area contributed by atoms with Gasteiger partial charge in [0, 0.05) is 23.4 Å². The van der Waals surface area contributed by atoms with Crippen LogP contribution < -0.4 is 10.6 Å². The van der Waals surface area contributed by atoms with E-state index in [4.69, 9.17) is 0 Å². The highest BCUT2D eigenvalue weighted by Gasteiger charge is 2.22. The average Bonchev–Trinajstić information content (AvgIpc) is 3.20. The number of carbonyl (C=O) groups is 1. The summed E-state index contributed by atoms with van der Waals surface area (Å²) in [5.74, 6) is 0.308. The lowest BCUT2D eigenvalue weighted by atomic mass is 9.88. The van der Waals surface area contributed by atoms with Crippen molar-refractivity contribution in [3.05, 3.63) is 78.0 Å². The summed E-state index contributed by atoms with van der Waals surface area (Å²) in [6, 6.07) is 20.8. The van der Waals surface area contributed by atoms with Crippen LogP contribution in [0.4, 0.5) is 11.6 Å². The maximum Gasteiger partial charge on any atom is 0.251 e. The van der Waals surface area contributed by atoms with Gasteiger partial charge < -0.3 is 10.6 Å². The van der Waals surface area contributed by atoms with Crippen molar-refractivity contribution in [1.82, 2.24) is 19.9 Å². The van der Waals surface area contributed by atoms with Gasteiger partial charge >= 0.3 is 0 Å². The van der Waals surface area contributed by atoms with E-state index in [0.29, 0.717) is 28.4 Å². The van der Waals surface area contributed by atoms with Crippen molar-refractivity contribution < 1.29 is 4.79 Å². The molecular weight excluding hydrogens is 412 g/mol. The second-order valence-corrected chi connectivity index (χ2v) is 9.08. The van der Waals surface area contributed by atoms with Gasteiger partial charge in [-0.15, -0.1) is 5.10 Å². The molecule has 33 heavy (non-hydrogen) atoms. The molecule has 0 radical (unpaired) electrons. The molecule has 4 aromatic rings. The number of pyridine rings is 1. The SMILES string of the molecule is C[C@@H](NC(=O)c1cccc(-c2ccc3nc(Nc4ccccc4C#N)nn3c2)c1)C(C)(C)C. The molecule has 1 atom stereocenters. The first-order chi connectivity index (χ1) is 15.7. The van der Waals surface area contributed by atoms with Gasteiger partial charge in [0.2, 0.25) is 5.95 Å². The van der Waals surface area contributed by atoms with Crippen molar-refractivity contribution in [3.8, 4) is 17.2 Å². The first kappa shape index (κ1) is 22.0. The number of nitriles is 1. The van der Waals surface area contributed by atoms with E-state index in [1.165, 1.54) is 0 Å². The minimum atomic E-state index is -0.0937. The second kappa shape index (κ2) is 8.75. The summed E-state index contributed by atoms with van der Waals surface area (Å²) in [7, 11) is 0. The van der Waals surface area contributed by atoms with Crippen molar-refractivity contribution in [2.75, 3.05) is 5.32 Å². The van der Waals surface area contributed by atoms with Gasteiger partial charge in [0.25, 0.3) is 5.91 Å². The molecule has 0 bridgehead atoms. The van der Waals surface area contributed by atoms with Crippen LogP contribution in [0.1, 0.15) is 43.6 Å². The number of hydrogen-bond acceptors (Lipinski definition) is 5. The molecule has 7 heteroatoms. The van der Waals surface area contributed by atoms with Gasteiger partial charge in [0.1, 0.15) is 6.07 Å². The van der Waals surface area contributed by atoms with Gasteiger partial charge in [-0.2, -0.15) is 10.2 Å². The Morgan fingerprint density at radius 2 is 1.85 bits per heavy atom. The van der Waals surface area contributed by atoms with Crippen LogP contribution >= 0.6 is 0 Å². The molecule has 0 saturated carbocycles. The number of nitrogens with zero attached hydrogens (tertiary/aromatic N) is 4. The quantitative estimate of drug-likeness (QED) is 0.448. The van der Waals surface area contributed by atoms with Gasteiger partial charge in [-0.1, -0.05) is 45.0 Å². The Bertz CT molecular complexity index is 1360. The molecule has 1 amide bonds. The summed E-state index contributed by atoms with van der Waals surface area (Å²) in [6.07, 6.45) is 1.87. The molecule has 0 saturated heterocycles. The highest BCUT2D eigenvalue weighted by atomic mass is 16.1. The number of carbonyl (C=O) groups excluding carboxylic acids is 1. The molecule has 0 aliphatic heterocycles. The van der Waals surface area contributed by atoms with Gasteiger partial charge in [0.05, 0.1) is 11.3 Å². The van der Waals surface area contributed by atoms with Crippen LogP contribution in [0.15, 0.2) is 66.9 Å². The van der Waals surface area contributed by atoms with E-state index in [0.717, 1.165) is 11.1 Å². The van der Waals surface area contributed by atoms with Crippen molar-refractivity contribution in [2.24, 2.45) is 5.41 Å². The molecular formula is C26H26N6O. The highest BCUT2D eigenvalue weighted by molar-refractivity contribution is 5.95. The molecule has 2 aromatic heterocycles. The molecule has 7 nitrogen and oxygen atoms in total. The van der Waals surface area contributed by atoms with E-state index in [-0.39, 0.29) is 17.4 Å². The Balaban J connectivity index is 1.59. The normalized spacial score (nSPS) is 12.2. The number of fused-ring (bicyclic) bond motifs is 1. The number of para-hydroxylation sites is 1. The largest absolute Gasteiger partial charge is 0.349 e. The minimum absolute atomic E-state index is 0.0229. The van der Waals surface area contributed by atoms with E-state index < -0.39 is 0 Å². The molecule has 2 N–H and O–H groups in total. The van der Waals surface area contributed by atoms with Crippen LogP contribution in [0, 0.1) is 16.7 Å². The third-order valence-electron chi connectivity index (χ3n) is 5.73. The molecule has 2 aromatic carbocycles. The smallest absolute Gasteiger partial charge is 0.251 e. The second-order valence-electron chi connectivity index (χ2n) is 9.08. The monoisotopic (exact) mass is 438 g/mol. The summed E-state index contributed by atoms with van der Waals surface area (Å²) in [5.41, 5.74) is 4.25. The zero-order chi connectivity index (χ0) is 23.6. The van der Waals surface area contributed by atoms with Crippen molar-refractivity contribution in [1.29, 1.82) is 5.26 Å². The first-order valence-electron chi connectivity index (χ1n) is 10.8. The van der Waals surface area contributed by atoms with Crippen LogP contribution in [-0.2, 0) is 0 Å². The number of nitrogens with one attached hydrogen (secondary N) is 2. The van der Waals surface area contributed by atoms with E-state index >= 15 is 0 Å². The van der Waals surface area contributed by atoms with Gasteiger partial charge in [0.15, 0.2) is 5.65 Å². The number of rotatable bonds is 5. The van der Waals surface area contributed by atoms with Crippen molar-refractivity contribution in [2.45, 2.75) is 33.7 Å². The maximum atomic E-state index is 12.8. The van der Waals surface area contributed by atoms with Crippen LogP contribution in [0.3, 0.4) is 0 Å². The fraction of sp³-hybridized carbons (Fsp3) is 0.231. The Labute approximate surface area is 193 Å². The Kier molecular flexibility index (Phi) is 5.84. The number of aromatic nitrogens is 3. The molecule has 0 unspecified atom stereocenters. The number of benzene rings is 2. The number of anilines is 2. The van der Waals surface area contributed by atoms with Crippen molar-refractivity contribution >= 4 is 23.2 Å². The molecule has 0 aliphatic rings. The van der Waals surface area contributed by atoms with E-state index in [1.54, 1.807) is 10.6 Å². The van der Waals surface area contributed by atoms with E-state index in [9.17, 15) is 10.1 Å². The Morgan fingerprint density at radius 1 is 1.06 bits per heavy atom. The predicted molar refractivity (Wildman–Crippen MR) is 129 cm³/mol. The molecule has 0 spiro atoms. The molecule has 2 heterocycles. The van der Waals surface area contributed by atoms with Crippen LogP contribution in [0.25, 0.3) is 16.8 Å². The minimum Gasteiger partial charge on any atom is -0.349 e. The Hall–Kier alpha value is -4.18. The topological polar surface area (TPSA) is 95.1 Å². The summed E-state index contributed by atoms with van der Waals surface area (Å²) in [5, 5.41) is 20.0. The predicted octanol–water partition coefficient (Wildman–Crippen LogP) is 5.18. The van der Waals surface area contributed by atoms with Gasteiger partial charge in [-0.25, -0.2) is 4.52 Å². The third kappa shape index (κ3) is 4.85. The summed E-state index contributed by atoms with van der Waals surface area (Å²) >= 11 is 0. The van der Waals surface area contributed by atoms with Crippen LogP contribution in [0.2, 0.25) is 0 Å². The van der Waals surface area contributed by atoms with E-state index in [1.807, 2.05) is 67.7 Å². The zero-order valence-corrected chi connectivity index (χ0v) is 19.1. The van der Waals surface area contributed by atoms with Crippen LogP contribution in [0.5, 0.6) is 0 Å². The molecule has 166 valence electrons. The average molecular weight is 439 g/mol. The molecule has 0 aliphatic carbocycles. The summed E-state index contributed by atoms with van der Waals surface area (Å²) < 4.78 is 1.68. The number of hydrogen-bond donors (Lipinski definition) is 2. The standard InChI is InChI=1S/C26H26N6O/c1-17(26(2,3)4)28-24(33)19-10-7-9-18(14-19)21-12-13-23-30-25(31-32(23)16-21)29-22-11-6-5-8-20(22)15-27/h5-14,16-17H,1-4H3,(H,28,33)(H,29,31)/t17-/m1/s1. The fourth-order valence-corrected chi connectivity index (χ4v) is 3.25. The fourth-order valence-electron chi connectivity index (χ4n) is 3.25. The lowest BCUT2D eigenvalue weighted by Gasteiger charge is -2.28. The summed E-state index contributed by atoms with van der Waals surface area (Å²) in [4.78, 5) is 17.2. The first-order valence-corrected chi connectivity index (χ1v) is 10.8. The molecule has 0 fully saturated rings. The van der Waals surface area contributed by atoms with E-state index in [2.05, 4.69) is 47.6 Å². The maximum absolute atomic E-state index is 12.8. The lowest BCUT2D eigenvalue weighted by Crippen LogP contribution is -2.41. The van der Waals surface area contributed by atoms with Crippen LogP contribution in [-0.4, -0.2) is 26.5 Å². The lowest BCUT2D eigenvalue weighted by molar-refractivity contribution is 0.0910. The third-order valence-corrected chi connectivity index (χ3v) is 5.73. The summed E-state index contributed by atoms with van der Waals surface area (Å²) in [6.45, 7) is 8.32. The zero-order valence-electron chi connectivity index (χ0n) is 19.1. The van der Waals surface area contributed by atoms with Crippen molar-refractivity contribution in [3.63, 3.8) is 0 Å². The number of amides is 1. The Morgan fingerprint density at radius 3 is 2.61 bits per heavy atom. The van der Waals surface area contributed by atoms with Gasteiger partial charge in [-0.05, 0) is 54.3 Å². The molecule has 4 rings (SSSR count). The van der Waals surface area contributed by atoms with Gasteiger partial charge in [-0.3, -0.25) is 4.79 Å².